The minimum Gasteiger partial charge on any atom is -0.480 e. The zero-order valence-electron chi connectivity index (χ0n) is 9.37. The molecule has 0 spiro atoms. The number of non-ortho nitro benzene ring substituents is 1. The summed E-state index contributed by atoms with van der Waals surface area (Å²) in [5.41, 5.74) is -0.596. The largest absolute Gasteiger partial charge is 0.480 e. The van der Waals surface area contributed by atoms with Gasteiger partial charge in [0, 0.05) is 12.1 Å². The second-order valence-corrected chi connectivity index (χ2v) is 3.88. The van der Waals surface area contributed by atoms with Crippen LogP contribution in [0.2, 0.25) is 5.02 Å². The number of nitrogens with zero attached hydrogens (tertiary/aromatic N) is 1. The van der Waals surface area contributed by atoms with Gasteiger partial charge >= 0.3 is 5.97 Å². The highest BCUT2D eigenvalue weighted by atomic mass is 35.5. The second-order valence-electron chi connectivity index (χ2n) is 3.47. The fraction of sp³-hybridized carbons (Fsp3) is 0.200. The smallest absolute Gasteiger partial charge is 0.328 e. The number of carboxylic acids is 1. The fourth-order valence-corrected chi connectivity index (χ4v) is 1.43. The zero-order valence-corrected chi connectivity index (χ0v) is 10.1. The summed E-state index contributed by atoms with van der Waals surface area (Å²) >= 11 is 5.71. The summed E-state index contributed by atoms with van der Waals surface area (Å²) in [5.74, 6) is -2.35. The van der Waals surface area contributed by atoms with Crippen LogP contribution in [0.1, 0.15) is 10.4 Å². The van der Waals surface area contributed by atoms with Gasteiger partial charge in [0.05, 0.1) is 22.1 Å². The van der Waals surface area contributed by atoms with Crippen LogP contribution < -0.4 is 5.32 Å². The van der Waals surface area contributed by atoms with Crippen LogP contribution in [0.25, 0.3) is 0 Å². The number of aliphatic hydroxyl groups is 1. The van der Waals surface area contributed by atoms with Crippen LogP contribution in [-0.2, 0) is 4.79 Å². The highest BCUT2D eigenvalue weighted by molar-refractivity contribution is 6.34. The SMILES string of the molecule is O=C(N[C@@H](CO)C(=O)O)c1cc([N+](=O)[O-])ccc1Cl. The van der Waals surface area contributed by atoms with Gasteiger partial charge in [-0.3, -0.25) is 14.9 Å². The molecule has 0 heterocycles. The molecule has 3 N–H and O–H groups in total. The molecular formula is C10H9ClN2O6. The molecule has 0 aromatic heterocycles. The number of carbonyl (C=O) groups is 2. The Bertz CT molecular complexity index is 533. The van der Waals surface area contributed by atoms with E-state index in [1.54, 1.807) is 0 Å². The van der Waals surface area contributed by atoms with Gasteiger partial charge in [-0.05, 0) is 6.07 Å². The maximum Gasteiger partial charge on any atom is 0.328 e. The lowest BCUT2D eigenvalue weighted by Gasteiger charge is -2.12. The third kappa shape index (κ3) is 3.63. The number of aliphatic hydroxyl groups excluding tert-OH is 1. The maximum absolute atomic E-state index is 11.7. The standard InChI is InChI=1S/C10H9ClN2O6/c11-7-2-1-5(13(18)19)3-6(7)9(15)12-8(4-14)10(16)17/h1-3,8,14H,4H2,(H,12,15)(H,16,17)/t8-/m0/s1. The summed E-state index contributed by atoms with van der Waals surface area (Å²) in [4.78, 5) is 32.2. The molecule has 1 aromatic rings. The number of halogens is 1. The van der Waals surface area contributed by atoms with Gasteiger partial charge < -0.3 is 15.5 Å². The molecule has 0 fully saturated rings. The van der Waals surface area contributed by atoms with Crippen LogP contribution in [0.3, 0.4) is 0 Å². The van der Waals surface area contributed by atoms with Crippen LogP contribution >= 0.6 is 11.6 Å². The molecule has 0 aliphatic heterocycles. The number of nitro benzene ring substituents is 1. The Morgan fingerprint density at radius 3 is 2.58 bits per heavy atom. The quantitative estimate of drug-likeness (QED) is 0.532. The van der Waals surface area contributed by atoms with Gasteiger partial charge in [0.25, 0.3) is 11.6 Å². The third-order valence-electron chi connectivity index (χ3n) is 2.19. The van der Waals surface area contributed by atoms with E-state index in [9.17, 15) is 19.7 Å². The van der Waals surface area contributed by atoms with Crippen molar-refractivity contribution in [3.05, 3.63) is 38.9 Å². The molecule has 0 saturated carbocycles. The summed E-state index contributed by atoms with van der Waals surface area (Å²) < 4.78 is 0. The van der Waals surface area contributed by atoms with Crippen LogP contribution in [0.15, 0.2) is 18.2 Å². The van der Waals surface area contributed by atoms with Gasteiger partial charge in [-0.1, -0.05) is 11.6 Å². The van der Waals surface area contributed by atoms with Crippen molar-refractivity contribution in [2.75, 3.05) is 6.61 Å². The molecule has 0 unspecified atom stereocenters. The lowest BCUT2D eigenvalue weighted by atomic mass is 10.1. The van der Waals surface area contributed by atoms with Crippen molar-refractivity contribution in [1.82, 2.24) is 5.32 Å². The first-order chi connectivity index (χ1) is 8.86. The van der Waals surface area contributed by atoms with E-state index in [4.69, 9.17) is 21.8 Å². The van der Waals surface area contributed by atoms with Crippen LogP contribution in [0.5, 0.6) is 0 Å². The number of amides is 1. The molecule has 0 aliphatic rings. The predicted octanol–water partition coefficient (Wildman–Crippen LogP) is 0.424. The van der Waals surface area contributed by atoms with E-state index >= 15 is 0 Å². The number of carboxylic acid groups (broad SMARTS) is 1. The average molecular weight is 289 g/mol. The van der Waals surface area contributed by atoms with E-state index < -0.39 is 29.4 Å². The highest BCUT2D eigenvalue weighted by Gasteiger charge is 2.22. The lowest BCUT2D eigenvalue weighted by molar-refractivity contribution is -0.384. The van der Waals surface area contributed by atoms with Crippen molar-refractivity contribution < 1.29 is 24.7 Å². The minimum atomic E-state index is -1.51. The minimum absolute atomic E-state index is 0.0646. The molecule has 102 valence electrons. The molecule has 1 rings (SSSR count). The third-order valence-corrected chi connectivity index (χ3v) is 2.52. The molecule has 0 radical (unpaired) electrons. The number of hydrogen-bond donors (Lipinski definition) is 3. The lowest BCUT2D eigenvalue weighted by Crippen LogP contribution is -2.43. The molecule has 0 aliphatic carbocycles. The van der Waals surface area contributed by atoms with Crippen LogP contribution in [-0.4, -0.2) is 39.7 Å². The summed E-state index contributed by atoms with van der Waals surface area (Å²) in [5, 5.41) is 29.9. The number of carbonyl (C=O) groups excluding carboxylic acids is 1. The maximum atomic E-state index is 11.7. The van der Waals surface area contributed by atoms with Gasteiger partial charge in [0.1, 0.15) is 0 Å². The second kappa shape index (κ2) is 6.12. The fourth-order valence-electron chi connectivity index (χ4n) is 1.22. The number of nitro groups is 1. The summed E-state index contributed by atoms with van der Waals surface area (Å²) in [6, 6.07) is 1.68. The molecule has 19 heavy (non-hydrogen) atoms. The number of aliphatic carboxylic acids is 1. The summed E-state index contributed by atoms with van der Waals surface area (Å²) in [6.45, 7) is -0.812. The van der Waals surface area contributed by atoms with E-state index in [0.29, 0.717) is 0 Å². The van der Waals surface area contributed by atoms with E-state index in [1.807, 2.05) is 5.32 Å². The monoisotopic (exact) mass is 288 g/mol. The Hall–Kier alpha value is -2.19. The van der Waals surface area contributed by atoms with E-state index in [2.05, 4.69) is 0 Å². The number of rotatable bonds is 5. The van der Waals surface area contributed by atoms with Crippen molar-refractivity contribution in [2.24, 2.45) is 0 Å². The zero-order chi connectivity index (χ0) is 14.6. The average Bonchev–Trinajstić information content (AvgIpc) is 2.35. The van der Waals surface area contributed by atoms with Crippen molar-refractivity contribution in [1.29, 1.82) is 0 Å². The number of benzene rings is 1. The first-order valence-corrected chi connectivity index (χ1v) is 5.33. The highest BCUT2D eigenvalue weighted by Crippen LogP contribution is 2.22. The number of nitrogens with one attached hydrogen (secondary N) is 1. The Labute approximate surface area is 111 Å². The van der Waals surface area contributed by atoms with Crippen molar-refractivity contribution in [3.63, 3.8) is 0 Å². The van der Waals surface area contributed by atoms with Crippen molar-refractivity contribution in [3.8, 4) is 0 Å². The van der Waals surface area contributed by atoms with Gasteiger partial charge in [-0.15, -0.1) is 0 Å². The van der Waals surface area contributed by atoms with Crippen molar-refractivity contribution in [2.45, 2.75) is 6.04 Å². The van der Waals surface area contributed by atoms with E-state index in [0.717, 1.165) is 18.2 Å². The molecular weight excluding hydrogens is 280 g/mol. The molecule has 1 atom stereocenters. The molecule has 0 saturated heterocycles. The summed E-state index contributed by atoms with van der Waals surface area (Å²) in [6.07, 6.45) is 0. The van der Waals surface area contributed by atoms with E-state index in [-0.39, 0.29) is 16.3 Å². The Kier molecular flexibility index (Phi) is 4.79. The molecule has 1 aromatic carbocycles. The Balaban J connectivity index is 3.02. The Morgan fingerprint density at radius 2 is 2.11 bits per heavy atom. The Morgan fingerprint density at radius 1 is 1.47 bits per heavy atom. The predicted molar refractivity (Wildman–Crippen MR) is 64.1 cm³/mol. The number of hydrogen-bond acceptors (Lipinski definition) is 5. The van der Waals surface area contributed by atoms with Gasteiger partial charge in [0.15, 0.2) is 6.04 Å². The van der Waals surface area contributed by atoms with Crippen molar-refractivity contribution >= 4 is 29.2 Å². The molecule has 9 heteroatoms. The molecule has 0 bridgehead atoms. The first kappa shape index (κ1) is 14.9. The van der Waals surface area contributed by atoms with Crippen LogP contribution in [0.4, 0.5) is 5.69 Å². The topological polar surface area (TPSA) is 130 Å². The molecule has 8 nitrogen and oxygen atoms in total. The van der Waals surface area contributed by atoms with Gasteiger partial charge in [0.2, 0.25) is 0 Å². The van der Waals surface area contributed by atoms with Gasteiger partial charge in [-0.2, -0.15) is 0 Å². The van der Waals surface area contributed by atoms with Crippen LogP contribution in [0, 0.1) is 10.1 Å². The molecule has 1 amide bonds. The van der Waals surface area contributed by atoms with E-state index in [1.165, 1.54) is 0 Å². The summed E-state index contributed by atoms with van der Waals surface area (Å²) in [7, 11) is 0. The van der Waals surface area contributed by atoms with Gasteiger partial charge in [-0.25, -0.2) is 4.79 Å². The normalized spacial score (nSPS) is 11.7. The first-order valence-electron chi connectivity index (χ1n) is 4.95.